The molecule has 1 aliphatic heterocycles. The molecule has 0 aliphatic carbocycles. The van der Waals surface area contributed by atoms with Gasteiger partial charge in [0.15, 0.2) is 0 Å². The summed E-state index contributed by atoms with van der Waals surface area (Å²) in [6.07, 6.45) is 1.71. The molecule has 0 radical (unpaired) electrons. The van der Waals surface area contributed by atoms with Crippen LogP contribution in [-0.2, 0) is 14.8 Å². The molecule has 1 aromatic heterocycles. The van der Waals surface area contributed by atoms with Crippen LogP contribution in [-0.4, -0.2) is 31.7 Å². The molecule has 2 aromatic rings. The second-order valence-corrected chi connectivity index (χ2v) is 6.50. The number of nitrogens with zero attached hydrogens (tertiary/aromatic N) is 2. The number of benzene rings is 1. The van der Waals surface area contributed by atoms with E-state index < -0.39 is 10.0 Å². The van der Waals surface area contributed by atoms with Gasteiger partial charge in [-0.15, -0.1) is 0 Å². The van der Waals surface area contributed by atoms with Gasteiger partial charge in [0.1, 0.15) is 11.7 Å². The zero-order valence-electron chi connectivity index (χ0n) is 12.1. The van der Waals surface area contributed by atoms with Crippen molar-refractivity contribution < 1.29 is 13.2 Å². The van der Waals surface area contributed by atoms with Crippen LogP contribution in [0, 0.1) is 0 Å². The molecule has 1 aliphatic rings. The third-order valence-corrected chi connectivity index (χ3v) is 4.60. The van der Waals surface area contributed by atoms with Crippen molar-refractivity contribution in [2.45, 2.75) is 11.3 Å². The van der Waals surface area contributed by atoms with Crippen molar-refractivity contribution >= 4 is 27.6 Å². The maximum absolute atomic E-state index is 11.9. The maximum atomic E-state index is 11.9. The van der Waals surface area contributed by atoms with Crippen LogP contribution >= 0.6 is 0 Å². The third-order valence-electron chi connectivity index (χ3n) is 3.20. The van der Waals surface area contributed by atoms with Crippen LogP contribution in [0.1, 0.15) is 12.0 Å². The second kappa shape index (κ2) is 6.17. The first kappa shape index (κ1) is 15.2. The highest BCUT2D eigenvalue weighted by Crippen LogP contribution is 2.22. The van der Waals surface area contributed by atoms with Gasteiger partial charge < -0.3 is 5.32 Å². The van der Waals surface area contributed by atoms with Crippen molar-refractivity contribution in [2.24, 2.45) is 4.99 Å². The Morgan fingerprint density at radius 1 is 1.17 bits per heavy atom. The molecule has 0 fully saturated rings. The van der Waals surface area contributed by atoms with Gasteiger partial charge in [-0.25, -0.2) is 13.4 Å². The van der Waals surface area contributed by atoms with Gasteiger partial charge in [-0.2, -0.15) is 0 Å². The molecule has 0 bridgehead atoms. The van der Waals surface area contributed by atoms with Crippen LogP contribution in [0.3, 0.4) is 0 Å². The van der Waals surface area contributed by atoms with Crippen LogP contribution in [0.4, 0.5) is 5.82 Å². The Hall–Kier alpha value is -2.74. The Labute approximate surface area is 133 Å². The number of rotatable bonds is 4. The Bertz CT molecular complexity index is 863. The largest absolute Gasteiger partial charge is 0.311 e. The molecule has 0 unspecified atom stereocenters. The predicted octanol–water partition coefficient (Wildman–Crippen LogP) is 1.15. The van der Waals surface area contributed by atoms with E-state index in [0.717, 1.165) is 0 Å². The lowest BCUT2D eigenvalue weighted by molar-refractivity contribution is -0.116. The molecule has 2 heterocycles. The van der Waals surface area contributed by atoms with Gasteiger partial charge in [0.05, 0.1) is 11.4 Å². The van der Waals surface area contributed by atoms with E-state index in [0.29, 0.717) is 11.4 Å². The summed E-state index contributed by atoms with van der Waals surface area (Å²) in [5.74, 6) is 0.505. The number of aliphatic imine (C=N–C) groups is 1. The van der Waals surface area contributed by atoms with Gasteiger partial charge in [-0.3, -0.25) is 14.5 Å². The van der Waals surface area contributed by atoms with Crippen molar-refractivity contribution in [2.75, 3.05) is 11.9 Å². The zero-order valence-corrected chi connectivity index (χ0v) is 12.9. The quantitative estimate of drug-likeness (QED) is 0.878. The van der Waals surface area contributed by atoms with Crippen LogP contribution in [0.15, 0.2) is 58.5 Å². The SMILES string of the molecule is O=C(CCN=C1NS(=O)(=O)c2ccccc21)Nc1ccccn1. The fraction of sp³-hybridized carbons (Fsp3) is 0.133. The van der Waals surface area contributed by atoms with Crippen molar-refractivity contribution in [1.82, 2.24) is 9.71 Å². The molecule has 7 nitrogen and oxygen atoms in total. The smallest absolute Gasteiger partial charge is 0.263 e. The lowest BCUT2D eigenvalue weighted by atomic mass is 10.2. The monoisotopic (exact) mass is 330 g/mol. The highest BCUT2D eigenvalue weighted by atomic mass is 32.2. The summed E-state index contributed by atoms with van der Waals surface area (Å²) in [4.78, 5) is 20.2. The Balaban J connectivity index is 1.64. The molecular weight excluding hydrogens is 316 g/mol. The first-order valence-electron chi connectivity index (χ1n) is 6.94. The number of amides is 1. The summed E-state index contributed by atoms with van der Waals surface area (Å²) in [7, 11) is -3.55. The number of carbonyl (C=O) groups is 1. The molecule has 0 saturated heterocycles. The van der Waals surface area contributed by atoms with Gasteiger partial charge in [0, 0.05) is 18.2 Å². The fourth-order valence-corrected chi connectivity index (χ4v) is 3.41. The normalized spacial score (nSPS) is 16.6. The number of carbonyl (C=O) groups excluding carboxylic acids is 1. The maximum Gasteiger partial charge on any atom is 0.263 e. The number of pyridine rings is 1. The molecule has 1 amide bonds. The van der Waals surface area contributed by atoms with Gasteiger partial charge in [0.25, 0.3) is 10.0 Å². The summed E-state index contributed by atoms with van der Waals surface area (Å²) in [5, 5.41) is 2.64. The van der Waals surface area contributed by atoms with Crippen molar-refractivity contribution in [1.29, 1.82) is 0 Å². The van der Waals surface area contributed by atoms with Crippen LogP contribution < -0.4 is 10.0 Å². The molecule has 8 heteroatoms. The summed E-state index contributed by atoms with van der Waals surface area (Å²) in [6, 6.07) is 11.8. The standard InChI is InChI=1S/C15H14N4O3S/c20-14(18-13-7-3-4-9-16-13)8-10-17-15-11-5-1-2-6-12(11)23(21,22)19-15/h1-7,9H,8,10H2,(H,17,19)(H,16,18,20). The molecule has 1 aromatic carbocycles. The van der Waals surface area contributed by atoms with E-state index in [1.807, 2.05) is 0 Å². The molecule has 0 saturated carbocycles. The minimum absolute atomic E-state index is 0.129. The van der Waals surface area contributed by atoms with Gasteiger partial charge in [-0.1, -0.05) is 18.2 Å². The first-order valence-corrected chi connectivity index (χ1v) is 8.42. The predicted molar refractivity (Wildman–Crippen MR) is 85.7 cm³/mol. The van der Waals surface area contributed by atoms with Crippen LogP contribution in [0.2, 0.25) is 0 Å². The number of fused-ring (bicyclic) bond motifs is 1. The van der Waals surface area contributed by atoms with E-state index in [2.05, 4.69) is 20.0 Å². The molecule has 0 spiro atoms. The Kier molecular flexibility index (Phi) is 4.07. The minimum atomic E-state index is -3.55. The molecule has 23 heavy (non-hydrogen) atoms. The minimum Gasteiger partial charge on any atom is -0.311 e. The van der Waals surface area contributed by atoms with Crippen molar-refractivity contribution in [3.8, 4) is 0 Å². The average Bonchev–Trinajstić information content (AvgIpc) is 2.80. The third kappa shape index (κ3) is 3.37. The number of aromatic nitrogens is 1. The molecule has 0 atom stereocenters. The fourth-order valence-electron chi connectivity index (χ4n) is 2.16. The van der Waals surface area contributed by atoms with E-state index in [1.165, 1.54) is 6.07 Å². The summed E-state index contributed by atoms with van der Waals surface area (Å²) >= 11 is 0. The first-order chi connectivity index (χ1) is 11.1. The van der Waals surface area contributed by atoms with E-state index in [1.54, 1.807) is 42.6 Å². The number of amidine groups is 1. The molecular formula is C15H14N4O3S. The number of sulfonamides is 1. The van der Waals surface area contributed by atoms with E-state index >= 15 is 0 Å². The Morgan fingerprint density at radius 3 is 2.74 bits per heavy atom. The van der Waals surface area contributed by atoms with E-state index in [9.17, 15) is 13.2 Å². The highest BCUT2D eigenvalue weighted by molar-refractivity contribution is 7.90. The van der Waals surface area contributed by atoms with Gasteiger partial charge >= 0.3 is 0 Å². The van der Waals surface area contributed by atoms with Gasteiger partial charge in [-0.05, 0) is 24.3 Å². The van der Waals surface area contributed by atoms with E-state index in [-0.39, 0.29) is 29.6 Å². The number of hydrogen-bond acceptors (Lipinski definition) is 5. The van der Waals surface area contributed by atoms with Crippen molar-refractivity contribution in [3.05, 3.63) is 54.2 Å². The second-order valence-electron chi connectivity index (χ2n) is 4.85. The molecule has 2 N–H and O–H groups in total. The van der Waals surface area contributed by atoms with Crippen LogP contribution in [0.5, 0.6) is 0 Å². The average molecular weight is 330 g/mol. The number of hydrogen-bond donors (Lipinski definition) is 2. The summed E-state index contributed by atoms with van der Waals surface area (Å²) < 4.78 is 26.2. The molecule has 118 valence electrons. The van der Waals surface area contributed by atoms with Crippen molar-refractivity contribution in [3.63, 3.8) is 0 Å². The zero-order chi connectivity index (χ0) is 16.3. The lowest BCUT2D eigenvalue weighted by Gasteiger charge is -2.03. The van der Waals surface area contributed by atoms with Gasteiger partial charge in [0.2, 0.25) is 5.91 Å². The highest BCUT2D eigenvalue weighted by Gasteiger charge is 2.29. The molecule has 3 rings (SSSR count). The topological polar surface area (TPSA) is 101 Å². The number of anilines is 1. The lowest BCUT2D eigenvalue weighted by Crippen LogP contribution is -2.23. The van der Waals surface area contributed by atoms with Crippen LogP contribution in [0.25, 0.3) is 0 Å². The van der Waals surface area contributed by atoms with E-state index in [4.69, 9.17) is 0 Å². The number of nitrogens with one attached hydrogen (secondary N) is 2. The Morgan fingerprint density at radius 2 is 1.96 bits per heavy atom. The summed E-state index contributed by atoms with van der Waals surface area (Å²) in [6.45, 7) is 0.171. The summed E-state index contributed by atoms with van der Waals surface area (Å²) in [5.41, 5.74) is 0.526.